The Balaban J connectivity index is 2.34. The molecule has 1 aliphatic rings. The van der Waals surface area contributed by atoms with Crippen molar-refractivity contribution in [1.29, 1.82) is 0 Å². The fraction of sp³-hybridized carbons (Fsp3) is 1.00. The molecule has 0 aliphatic carbocycles. The van der Waals surface area contributed by atoms with Crippen molar-refractivity contribution in [1.82, 2.24) is 10.2 Å². The van der Waals surface area contributed by atoms with Gasteiger partial charge >= 0.3 is 0 Å². The normalized spacial score (nSPS) is 22.7. The summed E-state index contributed by atoms with van der Waals surface area (Å²) in [5, 5.41) is 3.67. The number of nitrogens with zero attached hydrogens (tertiary/aromatic N) is 1. The summed E-state index contributed by atoms with van der Waals surface area (Å²) >= 11 is 0. The summed E-state index contributed by atoms with van der Waals surface area (Å²) in [6, 6.07) is 0.574. The van der Waals surface area contributed by atoms with Gasteiger partial charge in [-0.05, 0) is 46.6 Å². The van der Waals surface area contributed by atoms with Gasteiger partial charge in [0.05, 0.1) is 6.10 Å². The molecular weight excluding hydrogens is 224 g/mol. The van der Waals surface area contributed by atoms with Gasteiger partial charge < -0.3 is 10.1 Å². The maximum absolute atomic E-state index is 5.74. The molecule has 0 aromatic carbocycles. The molecule has 0 aromatic rings. The van der Waals surface area contributed by atoms with E-state index < -0.39 is 0 Å². The zero-order valence-corrected chi connectivity index (χ0v) is 13.0. The van der Waals surface area contributed by atoms with Crippen LogP contribution in [0.3, 0.4) is 0 Å². The Bertz CT molecular complexity index is 225. The SMILES string of the molecule is CCN(CC1CCCO1)C(C)CNC(C)(C)CC. The number of nitrogens with one attached hydrogen (secondary N) is 1. The lowest BCUT2D eigenvalue weighted by atomic mass is 10.0. The Hall–Kier alpha value is -0.120. The van der Waals surface area contributed by atoms with Crippen LogP contribution in [0.25, 0.3) is 0 Å². The maximum atomic E-state index is 5.74. The Morgan fingerprint density at radius 3 is 2.61 bits per heavy atom. The van der Waals surface area contributed by atoms with Crippen LogP contribution in [0, 0.1) is 0 Å². The van der Waals surface area contributed by atoms with E-state index in [4.69, 9.17) is 4.74 Å². The molecule has 1 aliphatic heterocycles. The molecule has 1 rings (SSSR count). The Morgan fingerprint density at radius 1 is 1.39 bits per heavy atom. The van der Waals surface area contributed by atoms with E-state index in [1.54, 1.807) is 0 Å². The van der Waals surface area contributed by atoms with Gasteiger partial charge in [-0.15, -0.1) is 0 Å². The van der Waals surface area contributed by atoms with Crippen molar-refractivity contribution in [2.45, 2.75) is 71.6 Å². The lowest BCUT2D eigenvalue weighted by molar-refractivity contribution is 0.0606. The minimum atomic E-state index is 0.248. The number of hydrogen-bond donors (Lipinski definition) is 1. The van der Waals surface area contributed by atoms with Crippen LogP contribution in [0.5, 0.6) is 0 Å². The van der Waals surface area contributed by atoms with Gasteiger partial charge in [-0.25, -0.2) is 0 Å². The first-order valence-electron chi connectivity index (χ1n) is 7.59. The predicted molar refractivity (Wildman–Crippen MR) is 78.1 cm³/mol. The van der Waals surface area contributed by atoms with Crippen LogP contribution < -0.4 is 5.32 Å². The van der Waals surface area contributed by atoms with Gasteiger partial charge in [-0.3, -0.25) is 4.90 Å². The molecule has 1 fully saturated rings. The highest BCUT2D eigenvalue weighted by Crippen LogP contribution is 2.15. The van der Waals surface area contributed by atoms with E-state index in [0.29, 0.717) is 12.1 Å². The second-order valence-corrected chi connectivity index (χ2v) is 6.19. The molecule has 108 valence electrons. The van der Waals surface area contributed by atoms with E-state index in [2.05, 4.69) is 44.8 Å². The second kappa shape index (κ2) is 7.46. The van der Waals surface area contributed by atoms with Gasteiger partial charge in [0.2, 0.25) is 0 Å². The maximum Gasteiger partial charge on any atom is 0.0702 e. The Morgan fingerprint density at radius 2 is 2.11 bits per heavy atom. The summed E-state index contributed by atoms with van der Waals surface area (Å²) in [6.07, 6.45) is 4.10. The van der Waals surface area contributed by atoms with E-state index in [0.717, 1.165) is 32.7 Å². The first-order valence-corrected chi connectivity index (χ1v) is 7.59. The van der Waals surface area contributed by atoms with Crippen molar-refractivity contribution in [3.63, 3.8) is 0 Å². The molecule has 3 heteroatoms. The average molecular weight is 256 g/mol. The fourth-order valence-corrected chi connectivity index (χ4v) is 2.35. The van der Waals surface area contributed by atoms with E-state index in [1.807, 2.05) is 0 Å². The van der Waals surface area contributed by atoms with E-state index >= 15 is 0 Å². The summed E-state index contributed by atoms with van der Waals surface area (Å²) in [7, 11) is 0. The van der Waals surface area contributed by atoms with Crippen molar-refractivity contribution >= 4 is 0 Å². The summed E-state index contributed by atoms with van der Waals surface area (Å²) < 4.78 is 5.74. The number of likely N-dealkylation sites (N-methyl/N-ethyl adjacent to an activating group) is 1. The first kappa shape index (κ1) is 15.9. The first-order chi connectivity index (χ1) is 8.48. The van der Waals surface area contributed by atoms with Crippen LogP contribution in [0.1, 0.15) is 53.9 Å². The van der Waals surface area contributed by atoms with Crippen LogP contribution in [0.4, 0.5) is 0 Å². The van der Waals surface area contributed by atoms with Gasteiger partial charge in [0.1, 0.15) is 0 Å². The summed E-state index contributed by atoms with van der Waals surface area (Å²) in [5.41, 5.74) is 0.248. The third-order valence-corrected chi connectivity index (χ3v) is 4.25. The zero-order valence-electron chi connectivity index (χ0n) is 13.0. The van der Waals surface area contributed by atoms with E-state index in [9.17, 15) is 0 Å². The van der Waals surface area contributed by atoms with E-state index in [-0.39, 0.29) is 5.54 Å². The van der Waals surface area contributed by atoms with Gasteiger partial charge in [-0.2, -0.15) is 0 Å². The Kier molecular flexibility index (Phi) is 6.61. The van der Waals surface area contributed by atoms with Gasteiger partial charge in [0.15, 0.2) is 0 Å². The van der Waals surface area contributed by atoms with Crippen molar-refractivity contribution in [2.75, 3.05) is 26.2 Å². The highest BCUT2D eigenvalue weighted by atomic mass is 16.5. The smallest absolute Gasteiger partial charge is 0.0702 e. The van der Waals surface area contributed by atoms with Crippen LogP contribution >= 0.6 is 0 Å². The van der Waals surface area contributed by atoms with Crippen LogP contribution in [0.15, 0.2) is 0 Å². The molecule has 2 unspecified atom stereocenters. The number of hydrogen-bond acceptors (Lipinski definition) is 3. The topological polar surface area (TPSA) is 24.5 Å². The van der Waals surface area contributed by atoms with Crippen molar-refractivity contribution in [3.05, 3.63) is 0 Å². The van der Waals surface area contributed by atoms with Crippen molar-refractivity contribution in [3.8, 4) is 0 Å². The highest BCUT2D eigenvalue weighted by Gasteiger charge is 2.22. The van der Waals surface area contributed by atoms with Gasteiger partial charge in [-0.1, -0.05) is 13.8 Å². The molecular formula is C15H32N2O. The minimum Gasteiger partial charge on any atom is -0.377 e. The molecule has 0 amide bonds. The molecule has 1 N–H and O–H groups in total. The quantitative estimate of drug-likeness (QED) is 0.722. The lowest BCUT2D eigenvalue weighted by Crippen LogP contribution is -2.49. The molecule has 3 nitrogen and oxygen atoms in total. The van der Waals surface area contributed by atoms with Crippen molar-refractivity contribution < 1.29 is 4.74 Å². The van der Waals surface area contributed by atoms with Gasteiger partial charge in [0, 0.05) is 31.3 Å². The Labute approximate surface area is 113 Å². The summed E-state index contributed by atoms with van der Waals surface area (Å²) in [4.78, 5) is 2.54. The monoisotopic (exact) mass is 256 g/mol. The molecule has 18 heavy (non-hydrogen) atoms. The molecule has 0 bridgehead atoms. The lowest BCUT2D eigenvalue weighted by Gasteiger charge is -2.33. The minimum absolute atomic E-state index is 0.248. The third-order valence-electron chi connectivity index (χ3n) is 4.25. The molecule has 1 heterocycles. The second-order valence-electron chi connectivity index (χ2n) is 6.19. The summed E-state index contributed by atoms with van der Waals surface area (Å²) in [6.45, 7) is 15.6. The van der Waals surface area contributed by atoms with Gasteiger partial charge in [0.25, 0.3) is 0 Å². The average Bonchev–Trinajstić information content (AvgIpc) is 2.86. The molecule has 1 saturated heterocycles. The molecule has 0 saturated carbocycles. The van der Waals surface area contributed by atoms with E-state index in [1.165, 1.54) is 12.8 Å². The summed E-state index contributed by atoms with van der Waals surface area (Å²) in [5.74, 6) is 0. The standard InChI is InChI=1S/C15H32N2O/c1-6-15(4,5)16-11-13(3)17(7-2)12-14-9-8-10-18-14/h13-14,16H,6-12H2,1-5H3. The van der Waals surface area contributed by atoms with Crippen LogP contribution in [-0.4, -0.2) is 48.8 Å². The predicted octanol–water partition coefficient (Wildman–Crippen LogP) is 2.65. The molecule has 2 atom stereocenters. The molecule has 0 radical (unpaired) electrons. The molecule has 0 spiro atoms. The van der Waals surface area contributed by atoms with Crippen LogP contribution in [-0.2, 0) is 4.74 Å². The van der Waals surface area contributed by atoms with Crippen LogP contribution in [0.2, 0.25) is 0 Å². The third kappa shape index (κ3) is 5.25. The number of ether oxygens (including phenoxy) is 1. The fourth-order valence-electron chi connectivity index (χ4n) is 2.35. The zero-order chi connectivity index (χ0) is 13.6. The van der Waals surface area contributed by atoms with Crippen molar-refractivity contribution in [2.24, 2.45) is 0 Å². The number of rotatable bonds is 8. The molecule has 0 aromatic heterocycles. The highest BCUT2D eigenvalue weighted by molar-refractivity contribution is 4.80. The largest absolute Gasteiger partial charge is 0.377 e.